The lowest BCUT2D eigenvalue weighted by molar-refractivity contribution is 0.0652. The van der Waals surface area contributed by atoms with Crippen molar-refractivity contribution < 1.29 is 14.3 Å². The molecule has 0 spiro atoms. The molecule has 1 rings (SSSR count). The van der Waals surface area contributed by atoms with Gasteiger partial charge in [0.15, 0.2) is 5.69 Å². The highest BCUT2D eigenvalue weighted by Crippen LogP contribution is 1.92. The number of ether oxygens (including phenoxy) is 2. The molecule has 0 aliphatic rings. The number of hydrogen-bond donors (Lipinski definition) is 1. The summed E-state index contributed by atoms with van der Waals surface area (Å²) in [4.78, 5) is 11.2. The third-order valence-electron chi connectivity index (χ3n) is 1.89. The van der Waals surface area contributed by atoms with E-state index in [1.807, 2.05) is 0 Å². The van der Waals surface area contributed by atoms with Crippen molar-refractivity contribution in [3.05, 3.63) is 11.9 Å². The van der Waals surface area contributed by atoms with Gasteiger partial charge in [0.25, 0.3) is 5.91 Å². The Kier molecular flexibility index (Phi) is 5.44. The Morgan fingerprint density at radius 3 is 3.00 bits per heavy atom. The second kappa shape index (κ2) is 6.91. The number of rotatable bonds is 7. The Morgan fingerprint density at radius 1 is 1.50 bits per heavy atom. The lowest BCUT2D eigenvalue weighted by Gasteiger charge is -2.02. The molecule has 1 N–H and O–H groups in total. The van der Waals surface area contributed by atoms with Gasteiger partial charge in [0.1, 0.15) is 0 Å². The van der Waals surface area contributed by atoms with Crippen molar-refractivity contribution in [2.75, 3.05) is 34.0 Å². The molecule has 16 heavy (non-hydrogen) atoms. The first kappa shape index (κ1) is 12.6. The summed E-state index contributed by atoms with van der Waals surface area (Å²) < 4.78 is 11.7. The van der Waals surface area contributed by atoms with Gasteiger partial charge in [0.2, 0.25) is 0 Å². The summed E-state index contributed by atoms with van der Waals surface area (Å²) in [6.07, 6.45) is 1.58. The van der Waals surface area contributed by atoms with Crippen molar-refractivity contribution in [1.82, 2.24) is 20.3 Å². The number of nitrogens with zero attached hydrogens (tertiary/aromatic N) is 3. The van der Waals surface area contributed by atoms with E-state index in [9.17, 15) is 4.79 Å². The molecule has 1 aromatic heterocycles. The second-order valence-corrected chi connectivity index (χ2v) is 3.05. The molecule has 1 amide bonds. The van der Waals surface area contributed by atoms with Crippen LogP contribution in [0.3, 0.4) is 0 Å². The van der Waals surface area contributed by atoms with Gasteiger partial charge in [-0.2, -0.15) is 0 Å². The number of aromatic nitrogens is 3. The van der Waals surface area contributed by atoms with E-state index in [1.165, 1.54) is 0 Å². The smallest absolute Gasteiger partial charge is 0.273 e. The van der Waals surface area contributed by atoms with Gasteiger partial charge in [-0.15, -0.1) is 5.10 Å². The van der Waals surface area contributed by atoms with E-state index in [0.717, 1.165) is 0 Å². The van der Waals surface area contributed by atoms with E-state index in [0.29, 0.717) is 32.1 Å². The predicted octanol–water partition coefficient (Wildman–Crippen LogP) is -0.699. The van der Waals surface area contributed by atoms with Gasteiger partial charge in [0.05, 0.1) is 32.6 Å². The van der Waals surface area contributed by atoms with Crippen LogP contribution in [0.15, 0.2) is 6.20 Å². The Bertz CT molecular complexity index is 326. The molecule has 7 heteroatoms. The third kappa shape index (κ3) is 3.95. The zero-order valence-electron chi connectivity index (χ0n) is 9.47. The predicted molar refractivity (Wildman–Crippen MR) is 56.1 cm³/mol. The summed E-state index contributed by atoms with van der Waals surface area (Å²) in [6, 6.07) is 0. The Morgan fingerprint density at radius 2 is 2.31 bits per heavy atom. The molecule has 7 nitrogen and oxygen atoms in total. The molecule has 0 aliphatic heterocycles. The van der Waals surface area contributed by atoms with Crippen LogP contribution in [0.5, 0.6) is 0 Å². The number of methoxy groups -OCH3 is 1. The molecule has 0 unspecified atom stereocenters. The van der Waals surface area contributed by atoms with Gasteiger partial charge in [-0.3, -0.25) is 4.79 Å². The highest BCUT2D eigenvalue weighted by atomic mass is 16.5. The van der Waals surface area contributed by atoms with Crippen molar-refractivity contribution in [3.8, 4) is 0 Å². The van der Waals surface area contributed by atoms with Crippen LogP contribution in [-0.4, -0.2) is 54.9 Å². The van der Waals surface area contributed by atoms with Crippen LogP contribution in [0, 0.1) is 0 Å². The Hall–Kier alpha value is -1.47. The maximum Gasteiger partial charge on any atom is 0.273 e. The standard InChI is InChI=1S/C9H16N4O3/c1-10-9(14)8-7-13(12-11-8)3-4-16-6-5-15-2/h7H,3-6H2,1-2H3,(H,10,14). The van der Waals surface area contributed by atoms with Crippen molar-refractivity contribution in [3.63, 3.8) is 0 Å². The quantitative estimate of drug-likeness (QED) is 0.624. The summed E-state index contributed by atoms with van der Waals surface area (Å²) in [7, 11) is 3.17. The van der Waals surface area contributed by atoms with Gasteiger partial charge in [0, 0.05) is 14.2 Å². The van der Waals surface area contributed by atoms with Crippen LogP contribution in [0.25, 0.3) is 0 Å². The van der Waals surface area contributed by atoms with Gasteiger partial charge < -0.3 is 14.8 Å². The average Bonchev–Trinajstić information content (AvgIpc) is 2.76. The number of hydrogen-bond acceptors (Lipinski definition) is 5. The summed E-state index contributed by atoms with van der Waals surface area (Å²) in [5.41, 5.74) is 0.305. The van der Waals surface area contributed by atoms with Gasteiger partial charge in [-0.1, -0.05) is 5.21 Å². The van der Waals surface area contributed by atoms with E-state index in [1.54, 1.807) is 25.0 Å². The molecule has 0 radical (unpaired) electrons. The highest BCUT2D eigenvalue weighted by molar-refractivity contribution is 5.91. The fourth-order valence-electron chi connectivity index (χ4n) is 1.04. The van der Waals surface area contributed by atoms with Crippen molar-refractivity contribution in [1.29, 1.82) is 0 Å². The van der Waals surface area contributed by atoms with E-state index in [4.69, 9.17) is 9.47 Å². The summed E-state index contributed by atoms with van der Waals surface area (Å²) in [5, 5.41) is 10.00. The van der Waals surface area contributed by atoms with E-state index < -0.39 is 0 Å². The van der Waals surface area contributed by atoms with E-state index >= 15 is 0 Å². The third-order valence-corrected chi connectivity index (χ3v) is 1.89. The summed E-state index contributed by atoms with van der Waals surface area (Å²) in [5.74, 6) is -0.244. The number of carbonyl (C=O) groups excluding carboxylic acids is 1. The fourth-order valence-corrected chi connectivity index (χ4v) is 1.04. The number of nitrogens with one attached hydrogen (secondary N) is 1. The molecule has 0 saturated heterocycles. The highest BCUT2D eigenvalue weighted by Gasteiger charge is 2.07. The van der Waals surface area contributed by atoms with E-state index in [-0.39, 0.29) is 5.91 Å². The van der Waals surface area contributed by atoms with E-state index in [2.05, 4.69) is 15.6 Å². The van der Waals surface area contributed by atoms with Gasteiger partial charge in [-0.05, 0) is 0 Å². The molecule has 0 atom stereocenters. The monoisotopic (exact) mass is 228 g/mol. The van der Waals surface area contributed by atoms with Gasteiger partial charge >= 0.3 is 0 Å². The maximum atomic E-state index is 11.2. The minimum atomic E-state index is -0.244. The lowest BCUT2D eigenvalue weighted by atomic mass is 10.4. The maximum absolute atomic E-state index is 11.2. The molecular weight excluding hydrogens is 212 g/mol. The molecule has 0 aliphatic carbocycles. The molecule has 1 heterocycles. The number of amides is 1. The first-order chi connectivity index (χ1) is 7.77. The Balaban J connectivity index is 2.27. The fraction of sp³-hybridized carbons (Fsp3) is 0.667. The normalized spacial score (nSPS) is 10.4. The van der Waals surface area contributed by atoms with Crippen molar-refractivity contribution >= 4 is 5.91 Å². The molecule has 0 saturated carbocycles. The zero-order chi connectivity index (χ0) is 11.8. The van der Waals surface area contributed by atoms with Crippen molar-refractivity contribution in [2.24, 2.45) is 0 Å². The topological polar surface area (TPSA) is 78.3 Å². The Labute approximate surface area is 93.7 Å². The molecule has 0 aromatic carbocycles. The van der Waals surface area contributed by atoms with Crippen LogP contribution in [0.2, 0.25) is 0 Å². The molecular formula is C9H16N4O3. The molecule has 0 fully saturated rings. The van der Waals surface area contributed by atoms with Crippen molar-refractivity contribution in [2.45, 2.75) is 6.54 Å². The zero-order valence-corrected chi connectivity index (χ0v) is 9.47. The van der Waals surface area contributed by atoms with Crippen LogP contribution in [0.4, 0.5) is 0 Å². The van der Waals surface area contributed by atoms with Gasteiger partial charge in [-0.25, -0.2) is 4.68 Å². The second-order valence-electron chi connectivity index (χ2n) is 3.05. The van der Waals surface area contributed by atoms with Crippen LogP contribution < -0.4 is 5.32 Å². The molecule has 0 bridgehead atoms. The summed E-state index contributed by atoms with van der Waals surface area (Å²) in [6.45, 7) is 2.20. The molecule has 90 valence electrons. The van der Waals surface area contributed by atoms with Crippen LogP contribution in [-0.2, 0) is 16.0 Å². The molecule has 1 aromatic rings. The minimum Gasteiger partial charge on any atom is -0.382 e. The summed E-state index contributed by atoms with van der Waals surface area (Å²) >= 11 is 0. The lowest BCUT2D eigenvalue weighted by Crippen LogP contribution is -2.18. The largest absolute Gasteiger partial charge is 0.382 e. The first-order valence-corrected chi connectivity index (χ1v) is 4.97. The average molecular weight is 228 g/mol. The SMILES string of the molecule is CNC(=O)c1cn(CCOCCOC)nn1. The first-order valence-electron chi connectivity index (χ1n) is 4.97. The number of carbonyl (C=O) groups is 1. The minimum absolute atomic E-state index is 0.244. The van der Waals surface area contributed by atoms with Crippen LogP contribution >= 0.6 is 0 Å². The van der Waals surface area contributed by atoms with Crippen LogP contribution in [0.1, 0.15) is 10.5 Å².